The number of halogens is 1. The molecule has 15 heavy (non-hydrogen) atoms. The van der Waals surface area contributed by atoms with E-state index in [0.29, 0.717) is 0 Å². The molecule has 0 heterocycles. The second-order valence-electron chi connectivity index (χ2n) is 4.57. The van der Waals surface area contributed by atoms with Crippen LogP contribution in [0.1, 0.15) is 36.7 Å². The molecule has 0 fully saturated rings. The number of ketones is 1. The predicted octanol–water partition coefficient (Wildman–Crippen LogP) is 2.89. The van der Waals surface area contributed by atoms with Crippen molar-refractivity contribution >= 4 is 21.7 Å². The predicted molar refractivity (Wildman–Crippen MR) is 66.2 cm³/mol. The Hall–Kier alpha value is -0.670. The molecule has 0 aliphatic rings. The van der Waals surface area contributed by atoms with Crippen molar-refractivity contribution in [1.82, 2.24) is 0 Å². The summed E-state index contributed by atoms with van der Waals surface area (Å²) >= 11 is 3.37. The van der Waals surface area contributed by atoms with E-state index >= 15 is 0 Å². The van der Waals surface area contributed by atoms with Gasteiger partial charge >= 0.3 is 0 Å². The summed E-state index contributed by atoms with van der Waals surface area (Å²) in [7, 11) is 0. The van der Waals surface area contributed by atoms with Crippen LogP contribution in [0, 0.1) is 0 Å². The Bertz CT molecular complexity index is 380. The largest absolute Gasteiger partial charge is 0.324 e. The zero-order valence-corrected chi connectivity index (χ0v) is 10.9. The van der Waals surface area contributed by atoms with E-state index in [0.717, 1.165) is 15.6 Å². The van der Waals surface area contributed by atoms with Crippen LogP contribution in [0.2, 0.25) is 0 Å². The minimum Gasteiger partial charge on any atom is -0.324 e. The minimum absolute atomic E-state index is 0.0128. The Morgan fingerprint density at radius 3 is 2.47 bits per heavy atom. The van der Waals surface area contributed by atoms with Crippen LogP contribution in [-0.4, -0.2) is 12.3 Å². The topological polar surface area (TPSA) is 43.1 Å². The first-order valence-electron chi connectivity index (χ1n) is 4.89. The van der Waals surface area contributed by atoms with E-state index in [1.165, 1.54) is 0 Å². The lowest BCUT2D eigenvalue weighted by molar-refractivity contribution is 0.0999. The number of carbonyl (C=O) groups excluding carboxylic acids is 1. The number of nitrogens with two attached hydrogens (primary N) is 1. The van der Waals surface area contributed by atoms with Crippen LogP contribution in [0.15, 0.2) is 22.7 Å². The molecule has 0 aliphatic heterocycles. The van der Waals surface area contributed by atoms with E-state index in [1.807, 2.05) is 18.2 Å². The van der Waals surface area contributed by atoms with Gasteiger partial charge in [-0.1, -0.05) is 42.8 Å². The Balaban J connectivity index is 3.33. The van der Waals surface area contributed by atoms with Gasteiger partial charge in [0.05, 0.1) is 6.54 Å². The zero-order chi connectivity index (χ0) is 11.6. The average Bonchev–Trinajstić information content (AvgIpc) is 2.14. The molecule has 0 saturated heterocycles. The summed E-state index contributed by atoms with van der Waals surface area (Å²) in [6.07, 6.45) is 0. The molecule has 1 aromatic rings. The average molecular weight is 270 g/mol. The molecule has 82 valence electrons. The molecule has 2 nitrogen and oxygen atoms in total. The normalized spacial score (nSPS) is 11.5. The first-order chi connectivity index (χ1) is 6.86. The maximum atomic E-state index is 11.7. The second kappa shape index (κ2) is 4.45. The molecule has 0 aliphatic carbocycles. The number of carbonyl (C=O) groups is 1. The second-order valence-corrected chi connectivity index (χ2v) is 5.48. The lowest BCUT2D eigenvalue weighted by Gasteiger charge is -2.22. The summed E-state index contributed by atoms with van der Waals surface area (Å²) in [4.78, 5) is 11.7. The highest BCUT2D eigenvalue weighted by Crippen LogP contribution is 2.28. The lowest BCUT2D eigenvalue weighted by atomic mass is 9.83. The van der Waals surface area contributed by atoms with Crippen molar-refractivity contribution in [2.75, 3.05) is 6.54 Å². The van der Waals surface area contributed by atoms with Crippen molar-refractivity contribution in [2.45, 2.75) is 26.2 Å². The Labute approximate surface area is 99.0 Å². The van der Waals surface area contributed by atoms with Crippen LogP contribution < -0.4 is 5.73 Å². The van der Waals surface area contributed by atoms with E-state index in [-0.39, 0.29) is 17.7 Å². The summed E-state index contributed by atoms with van der Waals surface area (Å²) in [5.41, 5.74) is 7.13. The fourth-order valence-electron chi connectivity index (χ4n) is 1.51. The summed E-state index contributed by atoms with van der Waals surface area (Å²) in [5, 5.41) is 0. The van der Waals surface area contributed by atoms with Crippen molar-refractivity contribution in [2.24, 2.45) is 5.73 Å². The van der Waals surface area contributed by atoms with Crippen LogP contribution >= 0.6 is 15.9 Å². The summed E-state index contributed by atoms with van der Waals surface area (Å²) in [6, 6.07) is 5.77. The first-order valence-corrected chi connectivity index (χ1v) is 5.69. The Kier molecular flexibility index (Phi) is 3.68. The molecule has 1 aromatic carbocycles. The van der Waals surface area contributed by atoms with Gasteiger partial charge in [0.1, 0.15) is 0 Å². The van der Waals surface area contributed by atoms with E-state index in [4.69, 9.17) is 5.73 Å². The van der Waals surface area contributed by atoms with Gasteiger partial charge in [0.2, 0.25) is 0 Å². The number of hydrogen-bond donors (Lipinski definition) is 1. The molecule has 0 radical (unpaired) electrons. The van der Waals surface area contributed by atoms with Crippen LogP contribution in [0.4, 0.5) is 0 Å². The molecule has 1 rings (SSSR count). The molecule has 0 saturated carbocycles. The Morgan fingerprint density at radius 2 is 2.00 bits per heavy atom. The third kappa shape index (κ3) is 2.89. The van der Waals surface area contributed by atoms with Crippen LogP contribution in [0.5, 0.6) is 0 Å². The SMILES string of the molecule is CC(C)(C)c1ccc(Br)cc1C(=O)CN. The highest BCUT2D eigenvalue weighted by Gasteiger charge is 2.20. The molecule has 0 amide bonds. The molecule has 2 N–H and O–H groups in total. The van der Waals surface area contributed by atoms with E-state index in [1.54, 1.807) is 0 Å². The fraction of sp³-hybridized carbons (Fsp3) is 0.417. The van der Waals surface area contributed by atoms with Gasteiger partial charge in [-0.25, -0.2) is 0 Å². The first kappa shape index (κ1) is 12.4. The van der Waals surface area contributed by atoms with E-state index < -0.39 is 0 Å². The third-order valence-corrected chi connectivity index (χ3v) is 2.77. The molecular formula is C12H16BrNO. The van der Waals surface area contributed by atoms with Crippen LogP contribution in [0.3, 0.4) is 0 Å². The van der Waals surface area contributed by atoms with E-state index in [2.05, 4.69) is 36.7 Å². The van der Waals surface area contributed by atoms with Gasteiger partial charge in [0, 0.05) is 10.0 Å². The smallest absolute Gasteiger partial charge is 0.176 e. The van der Waals surface area contributed by atoms with Crippen molar-refractivity contribution in [3.05, 3.63) is 33.8 Å². The summed E-state index contributed by atoms with van der Waals surface area (Å²) < 4.78 is 0.910. The molecular weight excluding hydrogens is 254 g/mol. The molecule has 0 spiro atoms. The zero-order valence-electron chi connectivity index (χ0n) is 9.30. The Morgan fingerprint density at radius 1 is 1.40 bits per heavy atom. The monoisotopic (exact) mass is 269 g/mol. The van der Waals surface area contributed by atoms with Gasteiger partial charge in [0.25, 0.3) is 0 Å². The molecule has 3 heteroatoms. The quantitative estimate of drug-likeness (QED) is 0.840. The van der Waals surface area contributed by atoms with Gasteiger partial charge in [0.15, 0.2) is 5.78 Å². The van der Waals surface area contributed by atoms with E-state index in [9.17, 15) is 4.79 Å². The van der Waals surface area contributed by atoms with Crippen molar-refractivity contribution < 1.29 is 4.79 Å². The van der Waals surface area contributed by atoms with Gasteiger partial charge in [-0.2, -0.15) is 0 Å². The van der Waals surface area contributed by atoms with Gasteiger partial charge in [-0.3, -0.25) is 4.79 Å². The van der Waals surface area contributed by atoms with Gasteiger partial charge in [-0.05, 0) is 23.1 Å². The minimum atomic E-state index is -0.0408. The van der Waals surface area contributed by atoms with Crippen molar-refractivity contribution in [3.8, 4) is 0 Å². The van der Waals surface area contributed by atoms with Crippen LogP contribution in [-0.2, 0) is 5.41 Å². The molecule has 0 unspecified atom stereocenters. The van der Waals surface area contributed by atoms with Crippen molar-refractivity contribution in [3.63, 3.8) is 0 Å². The highest BCUT2D eigenvalue weighted by atomic mass is 79.9. The van der Waals surface area contributed by atoms with Crippen molar-refractivity contribution in [1.29, 1.82) is 0 Å². The molecule has 0 aromatic heterocycles. The maximum absolute atomic E-state index is 11.7. The highest BCUT2D eigenvalue weighted by molar-refractivity contribution is 9.10. The number of rotatable bonds is 2. The van der Waals surface area contributed by atoms with Gasteiger partial charge < -0.3 is 5.73 Å². The maximum Gasteiger partial charge on any atom is 0.176 e. The number of benzene rings is 1. The number of hydrogen-bond acceptors (Lipinski definition) is 2. The fourth-order valence-corrected chi connectivity index (χ4v) is 1.87. The summed E-state index contributed by atoms with van der Waals surface area (Å²) in [5.74, 6) is -0.0128. The standard InChI is InChI=1S/C12H16BrNO/c1-12(2,3)10-5-4-8(13)6-9(10)11(15)7-14/h4-6H,7,14H2,1-3H3. The van der Waals surface area contributed by atoms with Gasteiger partial charge in [-0.15, -0.1) is 0 Å². The van der Waals surface area contributed by atoms with Crippen LogP contribution in [0.25, 0.3) is 0 Å². The molecule has 0 bridgehead atoms. The molecule has 0 atom stereocenters. The third-order valence-electron chi connectivity index (χ3n) is 2.28. The lowest BCUT2D eigenvalue weighted by Crippen LogP contribution is -2.21. The number of Topliss-reactive ketones (excluding diaryl/α,β-unsaturated/α-hetero) is 1. The summed E-state index contributed by atoms with van der Waals surface area (Å²) in [6.45, 7) is 6.32.